The maximum Gasteiger partial charge on any atom is 0.319 e. The van der Waals surface area contributed by atoms with E-state index in [1.165, 1.54) is 0 Å². The minimum absolute atomic E-state index is 0.0706. The van der Waals surface area contributed by atoms with Gasteiger partial charge >= 0.3 is 12.0 Å². The maximum atomic E-state index is 13.2. The lowest BCUT2D eigenvalue weighted by Gasteiger charge is -2.42. The van der Waals surface area contributed by atoms with Gasteiger partial charge < -0.3 is 30.1 Å². The highest BCUT2D eigenvalue weighted by molar-refractivity contribution is 5.99. The zero-order valence-corrected chi connectivity index (χ0v) is 18.3. The van der Waals surface area contributed by atoms with Gasteiger partial charge in [-0.05, 0) is 36.6 Å². The van der Waals surface area contributed by atoms with Gasteiger partial charge in [0.05, 0.1) is 24.1 Å². The molecule has 0 aliphatic carbocycles. The van der Waals surface area contributed by atoms with Crippen LogP contribution in [0, 0.1) is 0 Å². The summed E-state index contributed by atoms with van der Waals surface area (Å²) in [5.74, 6) is -0.759. The number of nitrogens with one attached hydrogen (secondary N) is 2. The molecule has 9 nitrogen and oxygen atoms in total. The van der Waals surface area contributed by atoms with E-state index < -0.39 is 18.2 Å². The average Bonchev–Trinajstić information content (AvgIpc) is 2.81. The van der Waals surface area contributed by atoms with Gasteiger partial charge in [0.1, 0.15) is 18.5 Å². The van der Waals surface area contributed by atoms with Gasteiger partial charge in [-0.1, -0.05) is 30.3 Å². The fraction of sp³-hybridized carbons (Fsp3) is 0.375. The normalized spacial score (nSPS) is 22.2. The molecule has 0 saturated carbocycles. The molecule has 2 aliphatic rings. The summed E-state index contributed by atoms with van der Waals surface area (Å²) >= 11 is 0. The third-order valence-electron chi connectivity index (χ3n) is 5.97. The average molecular weight is 453 g/mol. The van der Waals surface area contributed by atoms with Gasteiger partial charge in [-0.25, -0.2) is 4.79 Å². The van der Waals surface area contributed by atoms with Gasteiger partial charge in [-0.3, -0.25) is 9.59 Å². The summed E-state index contributed by atoms with van der Waals surface area (Å²) in [7, 11) is 1.71. The number of likely N-dealkylation sites (N-methyl/N-ethyl adjacent to an activating group) is 1. The van der Waals surface area contributed by atoms with Crippen molar-refractivity contribution in [3.63, 3.8) is 0 Å². The number of amides is 3. The van der Waals surface area contributed by atoms with Crippen LogP contribution in [-0.4, -0.2) is 59.8 Å². The van der Waals surface area contributed by atoms with Crippen LogP contribution in [0.4, 0.5) is 10.5 Å². The molecule has 0 aromatic heterocycles. The summed E-state index contributed by atoms with van der Waals surface area (Å²) < 4.78 is 11.8. The maximum absolute atomic E-state index is 13.2. The van der Waals surface area contributed by atoms with Crippen molar-refractivity contribution in [3.8, 4) is 5.75 Å². The van der Waals surface area contributed by atoms with Gasteiger partial charge in [0.15, 0.2) is 0 Å². The topological polar surface area (TPSA) is 117 Å². The van der Waals surface area contributed by atoms with Crippen LogP contribution in [0.25, 0.3) is 0 Å². The number of carboxylic acid groups (broad SMARTS) is 1. The zero-order chi connectivity index (χ0) is 23.4. The highest BCUT2D eigenvalue weighted by atomic mass is 16.5. The number of anilines is 1. The Bertz CT molecular complexity index is 1030. The monoisotopic (exact) mass is 453 g/mol. The Labute approximate surface area is 191 Å². The molecule has 1 fully saturated rings. The summed E-state index contributed by atoms with van der Waals surface area (Å²) in [6, 6.07) is 13.9. The molecule has 33 heavy (non-hydrogen) atoms. The van der Waals surface area contributed by atoms with Crippen LogP contribution in [0.1, 0.15) is 35.2 Å². The first-order chi connectivity index (χ1) is 15.9. The SMILES string of the molecule is CN1C(=O)c2cc(NC(=O)NCc3ccccc3)ccc2OC[C@@H]2O[C@@H](CC(=O)O)CC[C@H]21. The van der Waals surface area contributed by atoms with Gasteiger partial charge in [0, 0.05) is 19.3 Å². The van der Waals surface area contributed by atoms with E-state index in [-0.39, 0.29) is 31.0 Å². The Balaban J connectivity index is 1.44. The van der Waals surface area contributed by atoms with Crippen molar-refractivity contribution in [1.82, 2.24) is 10.2 Å². The number of hydrogen-bond acceptors (Lipinski definition) is 5. The molecule has 0 unspecified atom stereocenters. The van der Waals surface area contributed by atoms with Crippen LogP contribution in [0.3, 0.4) is 0 Å². The van der Waals surface area contributed by atoms with Crippen molar-refractivity contribution in [2.45, 2.75) is 44.1 Å². The summed E-state index contributed by atoms with van der Waals surface area (Å²) in [5, 5.41) is 14.6. The second-order valence-electron chi connectivity index (χ2n) is 8.27. The second-order valence-corrected chi connectivity index (χ2v) is 8.27. The smallest absolute Gasteiger partial charge is 0.319 e. The first-order valence-corrected chi connectivity index (χ1v) is 10.9. The van der Waals surface area contributed by atoms with Gasteiger partial charge in [0.25, 0.3) is 5.91 Å². The molecule has 1 saturated heterocycles. The van der Waals surface area contributed by atoms with Crippen molar-refractivity contribution in [1.29, 1.82) is 0 Å². The molecule has 2 aromatic rings. The standard InChI is InChI=1S/C24H27N3O6/c1-27-19-9-8-17(12-22(28)29)33-21(19)14-32-20-10-7-16(11-18(20)23(27)30)26-24(31)25-13-15-5-3-2-4-6-15/h2-7,10-11,17,19,21H,8-9,12-14H2,1H3,(H,28,29)(H2,25,26,31)/t17-,19-,21+/m1/s1. The van der Waals surface area contributed by atoms with Gasteiger partial charge in [-0.15, -0.1) is 0 Å². The van der Waals surface area contributed by atoms with Crippen LogP contribution in [0.2, 0.25) is 0 Å². The van der Waals surface area contributed by atoms with Crippen LogP contribution in [-0.2, 0) is 16.1 Å². The molecule has 2 aromatic carbocycles. The second kappa shape index (κ2) is 9.91. The number of aliphatic carboxylic acids is 1. The first kappa shape index (κ1) is 22.6. The Morgan fingerprint density at radius 2 is 1.94 bits per heavy atom. The van der Waals surface area contributed by atoms with Crippen molar-refractivity contribution in [2.75, 3.05) is 19.0 Å². The van der Waals surface area contributed by atoms with Crippen molar-refractivity contribution >= 4 is 23.6 Å². The number of carboxylic acids is 1. The Hall–Kier alpha value is -3.59. The van der Waals surface area contributed by atoms with Crippen LogP contribution < -0.4 is 15.4 Å². The zero-order valence-electron chi connectivity index (χ0n) is 18.3. The van der Waals surface area contributed by atoms with E-state index in [9.17, 15) is 14.4 Å². The molecular formula is C24H27N3O6. The molecular weight excluding hydrogens is 426 g/mol. The van der Waals surface area contributed by atoms with E-state index in [2.05, 4.69) is 10.6 Å². The van der Waals surface area contributed by atoms with E-state index in [4.69, 9.17) is 14.6 Å². The highest BCUT2D eigenvalue weighted by Gasteiger charge is 2.39. The van der Waals surface area contributed by atoms with Crippen molar-refractivity contribution in [3.05, 3.63) is 59.7 Å². The predicted octanol–water partition coefficient (Wildman–Crippen LogP) is 2.86. The van der Waals surface area contributed by atoms with E-state index in [1.807, 2.05) is 30.3 Å². The molecule has 2 aliphatic heterocycles. The Kier molecular flexibility index (Phi) is 6.79. The minimum atomic E-state index is -0.909. The lowest BCUT2D eigenvalue weighted by molar-refractivity contribution is -0.148. The first-order valence-electron chi connectivity index (χ1n) is 10.9. The highest BCUT2D eigenvalue weighted by Crippen LogP contribution is 2.32. The summed E-state index contributed by atoms with van der Waals surface area (Å²) in [4.78, 5) is 38.2. The molecule has 4 rings (SSSR count). The molecule has 9 heteroatoms. The molecule has 0 radical (unpaired) electrons. The molecule has 3 atom stereocenters. The molecule has 2 heterocycles. The number of rotatable bonds is 5. The lowest BCUT2D eigenvalue weighted by atomic mass is 9.94. The third-order valence-corrected chi connectivity index (χ3v) is 5.97. The van der Waals surface area contributed by atoms with Crippen molar-refractivity contribution < 1.29 is 29.0 Å². The fourth-order valence-electron chi connectivity index (χ4n) is 4.25. The fourth-order valence-corrected chi connectivity index (χ4v) is 4.25. The minimum Gasteiger partial charge on any atom is -0.490 e. The van der Waals surface area contributed by atoms with Crippen LogP contribution in [0.5, 0.6) is 5.75 Å². The van der Waals surface area contributed by atoms with E-state index in [0.717, 1.165) is 5.56 Å². The molecule has 174 valence electrons. The quantitative estimate of drug-likeness (QED) is 0.641. The lowest BCUT2D eigenvalue weighted by Crippen LogP contribution is -2.53. The number of carbonyl (C=O) groups is 3. The number of benzene rings is 2. The van der Waals surface area contributed by atoms with E-state index >= 15 is 0 Å². The number of fused-ring (bicyclic) bond motifs is 2. The molecule has 3 amide bonds. The van der Waals surface area contributed by atoms with E-state index in [1.54, 1.807) is 30.1 Å². The summed E-state index contributed by atoms with van der Waals surface area (Å²) in [5.41, 5.74) is 1.80. The summed E-state index contributed by atoms with van der Waals surface area (Å²) in [6.07, 6.45) is 0.311. The third kappa shape index (κ3) is 5.43. The number of urea groups is 1. The van der Waals surface area contributed by atoms with Crippen molar-refractivity contribution in [2.24, 2.45) is 0 Å². The van der Waals surface area contributed by atoms with Gasteiger partial charge in [-0.2, -0.15) is 0 Å². The van der Waals surface area contributed by atoms with Crippen LogP contribution in [0.15, 0.2) is 48.5 Å². The predicted molar refractivity (Wildman–Crippen MR) is 120 cm³/mol. The largest absolute Gasteiger partial charge is 0.490 e. The van der Waals surface area contributed by atoms with Crippen LogP contribution >= 0.6 is 0 Å². The Morgan fingerprint density at radius 3 is 2.70 bits per heavy atom. The summed E-state index contributed by atoms with van der Waals surface area (Å²) in [6.45, 7) is 0.587. The Morgan fingerprint density at radius 1 is 1.15 bits per heavy atom. The molecule has 0 spiro atoms. The van der Waals surface area contributed by atoms with Gasteiger partial charge in [0.2, 0.25) is 0 Å². The number of carbonyl (C=O) groups excluding carboxylic acids is 2. The number of nitrogens with zero attached hydrogens (tertiary/aromatic N) is 1. The number of hydrogen-bond donors (Lipinski definition) is 3. The molecule has 3 N–H and O–H groups in total. The number of ether oxygens (including phenoxy) is 2. The molecule has 0 bridgehead atoms. The van der Waals surface area contributed by atoms with E-state index in [0.29, 0.717) is 36.4 Å².